The van der Waals surface area contributed by atoms with Gasteiger partial charge in [-0.15, -0.1) is 0 Å². The predicted octanol–water partition coefficient (Wildman–Crippen LogP) is 2.29. The van der Waals surface area contributed by atoms with Crippen molar-refractivity contribution in [3.63, 3.8) is 0 Å². The van der Waals surface area contributed by atoms with Gasteiger partial charge in [-0.05, 0) is 54.9 Å². The summed E-state index contributed by atoms with van der Waals surface area (Å²) < 4.78 is 0. The summed E-state index contributed by atoms with van der Waals surface area (Å²) in [6.07, 6.45) is 5.68. The van der Waals surface area contributed by atoms with E-state index in [0.29, 0.717) is 5.92 Å². The maximum Gasteiger partial charge on any atom is 0.0104 e. The number of rotatable bonds is 0. The Morgan fingerprint density at radius 1 is 1.25 bits per heavy atom. The molecule has 3 aliphatic carbocycles. The third kappa shape index (κ3) is 0.699. The zero-order valence-electron chi connectivity index (χ0n) is 7.72. The lowest BCUT2D eigenvalue weighted by atomic mass is 9.69. The van der Waals surface area contributed by atoms with Gasteiger partial charge >= 0.3 is 0 Å². The van der Waals surface area contributed by atoms with Gasteiger partial charge in [-0.3, -0.25) is 0 Å². The molecule has 12 heavy (non-hydrogen) atoms. The lowest BCUT2D eigenvalue weighted by Crippen LogP contribution is -2.29. The van der Waals surface area contributed by atoms with Crippen LogP contribution in [0.1, 0.15) is 32.6 Å². The molecule has 0 aromatic carbocycles. The molecule has 2 N–H and O–H groups in total. The minimum atomic E-state index is 0.677. The van der Waals surface area contributed by atoms with Crippen molar-refractivity contribution in [1.82, 2.24) is 0 Å². The van der Waals surface area contributed by atoms with E-state index in [2.05, 4.69) is 6.92 Å². The van der Waals surface area contributed by atoms with Gasteiger partial charge in [0.15, 0.2) is 0 Å². The van der Waals surface area contributed by atoms with Crippen LogP contribution in [0.3, 0.4) is 0 Å². The standard InChI is InChI=1S/C11H17N/c1-6-2-7-3-8-5-10(11(6)12)9(8)4-7/h6-9H,2-5,12H2,1H3. The van der Waals surface area contributed by atoms with Crippen LogP contribution in [0, 0.1) is 23.7 Å². The molecule has 0 heterocycles. The zero-order chi connectivity index (χ0) is 8.29. The Labute approximate surface area is 74.0 Å². The number of allylic oxidation sites excluding steroid dienone is 2. The monoisotopic (exact) mass is 163 g/mol. The fourth-order valence-electron chi connectivity index (χ4n) is 3.63. The smallest absolute Gasteiger partial charge is 0.0104 e. The van der Waals surface area contributed by atoms with Crippen LogP contribution in [0.2, 0.25) is 0 Å². The topological polar surface area (TPSA) is 26.0 Å². The van der Waals surface area contributed by atoms with Crippen molar-refractivity contribution < 1.29 is 0 Å². The van der Waals surface area contributed by atoms with Crippen LogP contribution in [0.15, 0.2) is 11.3 Å². The van der Waals surface area contributed by atoms with Gasteiger partial charge < -0.3 is 5.73 Å². The van der Waals surface area contributed by atoms with E-state index in [9.17, 15) is 0 Å². The minimum Gasteiger partial charge on any atom is -0.402 e. The van der Waals surface area contributed by atoms with Crippen molar-refractivity contribution in [2.45, 2.75) is 32.6 Å². The van der Waals surface area contributed by atoms with E-state index in [1.807, 2.05) is 0 Å². The highest BCUT2D eigenvalue weighted by atomic mass is 14.7. The van der Waals surface area contributed by atoms with E-state index < -0.39 is 0 Å². The Morgan fingerprint density at radius 2 is 2.08 bits per heavy atom. The molecule has 3 rings (SSSR count). The molecule has 1 heteroatoms. The summed E-state index contributed by atoms with van der Waals surface area (Å²) in [6, 6.07) is 0. The summed E-state index contributed by atoms with van der Waals surface area (Å²) in [7, 11) is 0. The highest BCUT2D eigenvalue weighted by Crippen LogP contribution is 2.57. The Balaban J connectivity index is 2.02. The third-order valence-corrected chi connectivity index (χ3v) is 4.31. The molecule has 0 amide bonds. The molecule has 0 aromatic heterocycles. The molecule has 1 nitrogen and oxygen atoms in total. The average molecular weight is 163 g/mol. The summed E-state index contributed by atoms with van der Waals surface area (Å²) in [6.45, 7) is 2.30. The zero-order valence-corrected chi connectivity index (χ0v) is 7.72. The summed E-state index contributed by atoms with van der Waals surface area (Å²) in [5, 5.41) is 0. The molecule has 4 atom stereocenters. The first-order chi connectivity index (χ1) is 5.75. The van der Waals surface area contributed by atoms with E-state index >= 15 is 0 Å². The molecule has 0 spiro atoms. The molecule has 3 aliphatic rings. The van der Waals surface area contributed by atoms with Gasteiger partial charge in [0.1, 0.15) is 0 Å². The molecule has 0 radical (unpaired) electrons. The van der Waals surface area contributed by atoms with Crippen LogP contribution < -0.4 is 5.73 Å². The lowest BCUT2D eigenvalue weighted by molar-refractivity contribution is 0.307. The van der Waals surface area contributed by atoms with E-state index in [-0.39, 0.29) is 0 Å². The number of nitrogens with two attached hydrogens (primary N) is 1. The summed E-state index contributed by atoms with van der Waals surface area (Å²) in [5.41, 5.74) is 9.03. The van der Waals surface area contributed by atoms with Crippen LogP contribution in [0.4, 0.5) is 0 Å². The van der Waals surface area contributed by atoms with Gasteiger partial charge in [-0.25, -0.2) is 0 Å². The quantitative estimate of drug-likeness (QED) is 0.582. The van der Waals surface area contributed by atoms with E-state index in [1.54, 1.807) is 5.57 Å². The second-order valence-electron chi connectivity index (χ2n) is 5.03. The highest BCUT2D eigenvalue weighted by molar-refractivity contribution is 5.29. The van der Waals surface area contributed by atoms with Gasteiger partial charge in [0.25, 0.3) is 0 Å². The molecule has 66 valence electrons. The maximum absolute atomic E-state index is 6.13. The minimum absolute atomic E-state index is 0.677. The molecular weight excluding hydrogens is 146 g/mol. The first-order valence-electron chi connectivity index (χ1n) is 5.24. The molecule has 2 fully saturated rings. The van der Waals surface area contributed by atoms with Crippen molar-refractivity contribution in [3.05, 3.63) is 11.3 Å². The number of hydrogen-bond acceptors (Lipinski definition) is 1. The molecule has 4 unspecified atom stereocenters. The van der Waals surface area contributed by atoms with Crippen LogP contribution >= 0.6 is 0 Å². The van der Waals surface area contributed by atoms with Gasteiger partial charge in [0.05, 0.1) is 0 Å². The van der Waals surface area contributed by atoms with Crippen molar-refractivity contribution in [3.8, 4) is 0 Å². The SMILES string of the molecule is CC1CC2CC3CC(=C1N)C3C2. The summed E-state index contributed by atoms with van der Waals surface area (Å²) in [5.74, 6) is 3.65. The van der Waals surface area contributed by atoms with Gasteiger partial charge in [0.2, 0.25) is 0 Å². The van der Waals surface area contributed by atoms with E-state index in [1.165, 1.54) is 31.4 Å². The molecule has 0 saturated heterocycles. The fourth-order valence-corrected chi connectivity index (χ4v) is 3.63. The molecule has 2 bridgehead atoms. The Hall–Kier alpha value is -0.460. The normalized spacial score (nSPS) is 50.4. The Bertz CT molecular complexity index is 254. The van der Waals surface area contributed by atoms with Gasteiger partial charge in [-0.1, -0.05) is 6.92 Å². The molecule has 0 aromatic rings. The second-order valence-corrected chi connectivity index (χ2v) is 5.03. The molecule has 0 aliphatic heterocycles. The van der Waals surface area contributed by atoms with Crippen LogP contribution in [0.5, 0.6) is 0 Å². The van der Waals surface area contributed by atoms with Crippen LogP contribution in [-0.2, 0) is 0 Å². The van der Waals surface area contributed by atoms with Crippen molar-refractivity contribution in [2.24, 2.45) is 29.4 Å². The molecule has 2 saturated carbocycles. The summed E-state index contributed by atoms with van der Waals surface area (Å²) in [4.78, 5) is 0. The van der Waals surface area contributed by atoms with Crippen molar-refractivity contribution in [1.29, 1.82) is 0 Å². The Morgan fingerprint density at radius 3 is 2.92 bits per heavy atom. The third-order valence-electron chi connectivity index (χ3n) is 4.31. The van der Waals surface area contributed by atoms with Crippen LogP contribution in [-0.4, -0.2) is 0 Å². The predicted molar refractivity (Wildman–Crippen MR) is 49.3 cm³/mol. The van der Waals surface area contributed by atoms with E-state index in [0.717, 1.165) is 17.8 Å². The second kappa shape index (κ2) is 2.07. The molecular formula is C11H17N. The van der Waals surface area contributed by atoms with Gasteiger partial charge in [-0.2, -0.15) is 0 Å². The Kier molecular flexibility index (Phi) is 1.20. The van der Waals surface area contributed by atoms with E-state index in [4.69, 9.17) is 5.73 Å². The summed E-state index contributed by atoms with van der Waals surface area (Å²) >= 11 is 0. The first-order valence-corrected chi connectivity index (χ1v) is 5.24. The maximum atomic E-state index is 6.13. The highest BCUT2D eigenvalue weighted by Gasteiger charge is 2.47. The average Bonchev–Trinajstić information content (AvgIpc) is 2.25. The largest absolute Gasteiger partial charge is 0.402 e. The van der Waals surface area contributed by atoms with Crippen molar-refractivity contribution >= 4 is 0 Å². The van der Waals surface area contributed by atoms with Crippen LogP contribution in [0.25, 0.3) is 0 Å². The van der Waals surface area contributed by atoms with Gasteiger partial charge in [0, 0.05) is 5.70 Å². The fraction of sp³-hybridized carbons (Fsp3) is 0.818. The number of fused-ring (bicyclic) bond motifs is 1. The first kappa shape index (κ1) is 6.99. The number of hydrogen-bond donors (Lipinski definition) is 1. The lowest BCUT2D eigenvalue weighted by Gasteiger charge is -2.37. The van der Waals surface area contributed by atoms with Crippen molar-refractivity contribution in [2.75, 3.05) is 0 Å².